The molecule has 1 aliphatic heterocycles. The van der Waals surface area contributed by atoms with Gasteiger partial charge in [0, 0.05) is 17.6 Å². The Labute approximate surface area is 115 Å². The van der Waals surface area contributed by atoms with Gasteiger partial charge in [-0.25, -0.2) is 8.42 Å². The molecule has 1 atom stereocenters. The van der Waals surface area contributed by atoms with Crippen LogP contribution in [-0.4, -0.2) is 50.2 Å². The summed E-state index contributed by atoms with van der Waals surface area (Å²) >= 11 is 3.24. The minimum Gasteiger partial charge on any atom is -0.394 e. The van der Waals surface area contributed by atoms with Crippen molar-refractivity contribution in [2.24, 2.45) is 0 Å². The molecule has 1 unspecified atom stereocenters. The van der Waals surface area contributed by atoms with Crippen LogP contribution in [-0.2, 0) is 14.8 Å². The van der Waals surface area contributed by atoms with Crippen molar-refractivity contribution in [2.45, 2.75) is 11.0 Å². The summed E-state index contributed by atoms with van der Waals surface area (Å²) in [6.07, 6.45) is -0.448. The Morgan fingerprint density at radius 1 is 1.44 bits per heavy atom. The fourth-order valence-electron chi connectivity index (χ4n) is 1.81. The van der Waals surface area contributed by atoms with Gasteiger partial charge >= 0.3 is 0 Å². The van der Waals surface area contributed by atoms with E-state index in [1.807, 2.05) is 0 Å². The third-order valence-corrected chi connectivity index (χ3v) is 5.64. The molecule has 0 aliphatic carbocycles. The third kappa shape index (κ3) is 2.75. The Hall–Kier alpha value is -0.470. The standard InChI is InChI=1S/C11H14BrNO4S/c12-10-3-1-2-4-11(10)18(15,16)13-5-6-17-9(7-13)8-14/h1-4,9,14H,5-8H2. The van der Waals surface area contributed by atoms with E-state index in [1.165, 1.54) is 4.31 Å². The van der Waals surface area contributed by atoms with Gasteiger partial charge in [-0.15, -0.1) is 0 Å². The molecule has 1 aromatic carbocycles. The highest BCUT2D eigenvalue weighted by Crippen LogP contribution is 2.25. The second-order valence-corrected chi connectivity index (χ2v) is 6.73. The number of benzene rings is 1. The molecule has 2 rings (SSSR count). The average Bonchev–Trinajstić information content (AvgIpc) is 2.39. The van der Waals surface area contributed by atoms with Crippen LogP contribution in [0.3, 0.4) is 0 Å². The van der Waals surface area contributed by atoms with E-state index >= 15 is 0 Å². The Morgan fingerprint density at radius 2 is 2.17 bits per heavy atom. The zero-order valence-corrected chi connectivity index (χ0v) is 12.0. The van der Waals surface area contributed by atoms with Crippen LogP contribution in [0.15, 0.2) is 33.6 Å². The second-order valence-electron chi connectivity index (χ2n) is 3.97. The molecule has 0 bridgehead atoms. The molecule has 18 heavy (non-hydrogen) atoms. The van der Waals surface area contributed by atoms with Crippen LogP contribution in [0.1, 0.15) is 0 Å². The molecule has 100 valence electrons. The van der Waals surface area contributed by atoms with Crippen molar-refractivity contribution in [3.05, 3.63) is 28.7 Å². The lowest BCUT2D eigenvalue weighted by molar-refractivity contribution is -0.0304. The molecule has 1 saturated heterocycles. The molecular weight excluding hydrogens is 322 g/mol. The first-order chi connectivity index (χ1) is 8.55. The van der Waals surface area contributed by atoms with Crippen LogP contribution in [0.4, 0.5) is 0 Å². The minimum atomic E-state index is -3.54. The van der Waals surface area contributed by atoms with Crippen LogP contribution >= 0.6 is 15.9 Å². The van der Waals surface area contributed by atoms with E-state index in [-0.39, 0.29) is 18.0 Å². The molecule has 0 amide bonds. The van der Waals surface area contributed by atoms with Gasteiger partial charge < -0.3 is 9.84 Å². The Bertz CT molecular complexity index is 520. The van der Waals surface area contributed by atoms with Gasteiger partial charge in [0.15, 0.2) is 0 Å². The summed E-state index contributed by atoms with van der Waals surface area (Å²) in [7, 11) is -3.54. The molecule has 0 saturated carbocycles. The number of hydrogen-bond donors (Lipinski definition) is 1. The topological polar surface area (TPSA) is 66.8 Å². The minimum absolute atomic E-state index is 0.179. The molecule has 1 aromatic rings. The van der Waals surface area contributed by atoms with Crippen LogP contribution in [0.5, 0.6) is 0 Å². The van der Waals surface area contributed by atoms with Crippen molar-refractivity contribution in [3.8, 4) is 0 Å². The van der Waals surface area contributed by atoms with Crippen molar-refractivity contribution >= 4 is 26.0 Å². The second kappa shape index (κ2) is 5.66. The van der Waals surface area contributed by atoms with Crippen molar-refractivity contribution in [1.29, 1.82) is 0 Å². The fraction of sp³-hybridized carbons (Fsp3) is 0.455. The van der Waals surface area contributed by atoms with Gasteiger partial charge in [0.05, 0.1) is 24.2 Å². The predicted octanol–water partition coefficient (Wildman–Crippen LogP) is 0.831. The fourth-order valence-corrected chi connectivity index (χ4v) is 4.23. The number of aliphatic hydroxyl groups excluding tert-OH is 1. The Balaban J connectivity index is 2.29. The van der Waals surface area contributed by atoms with Gasteiger partial charge in [-0.1, -0.05) is 12.1 Å². The monoisotopic (exact) mass is 335 g/mol. The summed E-state index contributed by atoms with van der Waals surface area (Å²) in [4.78, 5) is 0.239. The highest BCUT2D eigenvalue weighted by Gasteiger charge is 2.31. The van der Waals surface area contributed by atoms with Gasteiger partial charge in [0.2, 0.25) is 10.0 Å². The van der Waals surface area contributed by atoms with Crippen molar-refractivity contribution < 1.29 is 18.3 Å². The van der Waals surface area contributed by atoms with Gasteiger partial charge in [-0.3, -0.25) is 0 Å². The maximum absolute atomic E-state index is 12.4. The van der Waals surface area contributed by atoms with Crippen LogP contribution in [0, 0.1) is 0 Å². The zero-order valence-electron chi connectivity index (χ0n) is 9.62. The summed E-state index contributed by atoms with van der Waals surface area (Å²) in [5.41, 5.74) is 0. The van der Waals surface area contributed by atoms with E-state index in [9.17, 15) is 8.42 Å². The number of hydrogen-bond acceptors (Lipinski definition) is 4. The zero-order chi connectivity index (χ0) is 13.2. The first-order valence-electron chi connectivity index (χ1n) is 5.53. The third-order valence-electron chi connectivity index (χ3n) is 2.76. The summed E-state index contributed by atoms with van der Waals surface area (Å²) in [6.45, 7) is 0.608. The van der Waals surface area contributed by atoms with Gasteiger partial charge in [-0.05, 0) is 28.1 Å². The quantitative estimate of drug-likeness (QED) is 0.888. The molecule has 0 radical (unpaired) electrons. The maximum Gasteiger partial charge on any atom is 0.244 e. The lowest BCUT2D eigenvalue weighted by atomic mass is 10.3. The first-order valence-corrected chi connectivity index (χ1v) is 7.76. The summed E-state index contributed by atoms with van der Waals surface area (Å²) in [5, 5.41) is 9.04. The van der Waals surface area contributed by atoms with Crippen LogP contribution < -0.4 is 0 Å². The number of nitrogens with zero attached hydrogens (tertiary/aromatic N) is 1. The highest BCUT2D eigenvalue weighted by molar-refractivity contribution is 9.10. The molecule has 1 heterocycles. The van der Waals surface area contributed by atoms with Crippen LogP contribution in [0.2, 0.25) is 0 Å². The molecular formula is C11H14BrNO4S. The Kier molecular flexibility index (Phi) is 4.39. The molecule has 7 heteroatoms. The molecule has 1 aliphatic rings. The largest absolute Gasteiger partial charge is 0.394 e. The lowest BCUT2D eigenvalue weighted by Gasteiger charge is -2.31. The predicted molar refractivity (Wildman–Crippen MR) is 69.7 cm³/mol. The number of aliphatic hydroxyl groups is 1. The van der Waals surface area contributed by atoms with Crippen molar-refractivity contribution in [1.82, 2.24) is 4.31 Å². The summed E-state index contributed by atoms with van der Waals surface area (Å²) < 4.78 is 32.0. The first kappa shape index (κ1) is 14.0. The average molecular weight is 336 g/mol. The summed E-state index contributed by atoms with van der Waals surface area (Å²) in [5.74, 6) is 0. The number of sulfonamides is 1. The molecule has 1 N–H and O–H groups in total. The van der Waals surface area contributed by atoms with Gasteiger partial charge in [0.25, 0.3) is 0 Å². The number of halogens is 1. The maximum atomic E-state index is 12.4. The van der Waals surface area contributed by atoms with E-state index < -0.39 is 16.1 Å². The molecule has 0 aromatic heterocycles. The summed E-state index contributed by atoms with van der Waals surface area (Å²) in [6, 6.07) is 6.69. The van der Waals surface area contributed by atoms with E-state index in [2.05, 4.69) is 15.9 Å². The smallest absolute Gasteiger partial charge is 0.244 e. The van der Waals surface area contributed by atoms with Gasteiger partial charge in [-0.2, -0.15) is 4.31 Å². The van der Waals surface area contributed by atoms with Gasteiger partial charge in [0.1, 0.15) is 0 Å². The lowest BCUT2D eigenvalue weighted by Crippen LogP contribution is -2.46. The SMILES string of the molecule is O=S(=O)(c1ccccc1Br)N1CCOC(CO)C1. The van der Waals surface area contributed by atoms with Crippen molar-refractivity contribution in [3.63, 3.8) is 0 Å². The van der Waals surface area contributed by atoms with Crippen molar-refractivity contribution in [2.75, 3.05) is 26.3 Å². The molecule has 0 spiro atoms. The van der Waals surface area contributed by atoms with E-state index in [4.69, 9.17) is 9.84 Å². The van der Waals surface area contributed by atoms with Crippen LogP contribution in [0.25, 0.3) is 0 Å². The van der Waals surface area contributed by atoms with E-state index in [1.54, 1.807) is 24.3 Å². The number of rotatable bonds is 3. The van der Waals surface area contributed by atoms with E-state index in [0.29, 0.717) is 17.6 Å². The molecule has 1 fully saturated rings. The normalized spacial score (nSPS) is 22.0. The highest BCUT2D eigenvalue weighted by atomic mass is 79.9. The Morgan fingerprint density at radius 3 is 2.83 bits per heavy atom. The number of morpholine rings is 1. The molecule has 5 nitrogen and oxygen atoms in total. The number of ether oxygens (including phenoxy) is 1. The van der Waals surface area contributed by atoms with E-state index in [0.717, 1.165) is 0 Å².